The van der Waals surface area contributed by atoms with Crippen LogP contribution in [-0.2, 0) is 4.79 Å². The Labute approximate surface area is 192 Å². The van der Waals surface area contributed by atoms with Crippen molar-refractivity contribution in [1.29, 1.82) is 0 Å². The summed E-state index contributed by atoms with van der Waals surface area (Å²) in [6, 6.07) is 5.26. The minimum Gasteiger partial charge on any atom is -0.507 e. The van der Waals surface area contributed by atoms with Crippen LogP contribution >= 0.6 is 11.6 Å². The summed E-state index contributed by atoms with van der Waals surface area (Å²) in [7, 11) is 0. The highest BCUT2D eigenvalue weighted by Crippen LogP contribution is 2.42. The Kier molecular flexibility index (Phi) is 5.25. The molecule has 5 rings (SSSR count). The molecule has 0 radical (unpaired) electrons. The number of nitrogens with zero attached hydrogens (tertiary/aromatic N) is 4. The van der Waals surface area contributed by atoms with E-state index in [-0.39, 0.29) is 33.6 Å². The molecule has 3 heterocycles. The molecule has 33 heavy (non-hydrogen) atoms. The van der Waals surface area contributed by atoms with Gasteiger partial charge in [0, 0.05) is 35.6 Å². The smallest absolute Gasteiger partial charge is 0.245 e. The number of hydrogen-bond acceptors (Lipinski definition) is 4. The summed E-state index contributed by atoms with van der Waals surface area (Å²) in [6.07, 6.45) is 5.83. The maximum absolute atomic E-state index is 15.7. The second-order valence-corrected chi connectivity index (χ2v) is 8.40. The number of hydrogen-bond donors (Lipinski definition) is 1. The van der Waals surface area contributed by atoms with Crippen molar-refractivity contribution in [2.24, 2.45) is 0 Å². The molecular weight excluding hydrogens is 450 g/mol. The van der Waals surface area contributed by atoms with E-state index in [0.717, 1.165) is 6.07 Å². The second-order valence-electron chi connectivity index (χ2n) is 7.99. The van der Waals surface area contributed by atoms with Crippen molar-refractivity contribution in [3.05, 3.63) is 66.0 Å². The van der Waals surface area contributed by atoms with Crippen molar-refractivity contribution >= 4 is 39.3 Å². The first-order chi connectivity index (χ1) is 15.9. The van der Waals surface area contributed by atoms with E-state index in [9.17, 15) is 14.3 Å². The topological polar surface area (TPSA) is 71.2 Å². The molecule has 9 heteroatoms. The standard InChI is InChI=1S/C24H19ClF2N4O2/c1-2-19(33)30-8-6-14(7-9-30)31-24-13(12-29-31)11-28-23-15(24)10-16(25)20(22(23)27)21-17(26)4-3-5-18(21)32/h2-5,10-12,14,32H,1,6-9H2. The van der Waals surface area contributed by atoms with Crippen LogP contribution in [0.2, 0.25) is 5.02 Å². The van der Waals surface area contributed by atoms with Gasteiger partial charge in [0.05, 0.1) is 28.3 Å². The van der Waals surface area contributed by atoms with Gasteiger partial charge in [-0.15, -0.1) is 0 Å². The zero-order chi connectivity index (χ0) is 23.3. The summed E-state index contributed by atoms with van der Waals surface area (Å²) in [5.41, 5.74) is 0.120. The number of halogens is 3. The van der Waals surface area contributed by atoms with E-state index in [1.54, 1.807) is 11.1 Å². The number of carbonyl (C=O) groups excluding carboxylic acids is 1. The molecule has 2 aromatic carbocycles. The molecule has 1 amide bonds. The SMILES string of the molecule is C=CC(=O)N1CCC(n2ncc3cnc4c(F)c(-c5c(O)cccc5F)c(Cl)cc4c32)CC1. The lowest BCUT2D eigenvalue weighted by Crippen LogP contribution is -2.38. The van der Waals surface area contributed by atoms with Crippen molar-refractivity contribution in [2.75, 3.05) is 13.1 Å². The maximum Gasteiger partial charge on any atom is 0.245 e. The first-order valence-electron chi connectivity index (χ1n) is 10.4. The van der Waals surface area contributed by atoms with Crippen LogP contribution in [0.15, 0.2) is 49.3 Å². The molecule has 0 aliphatic carbocycles. The Balaban J connectivity index is 1.65. The number of amides is 1. The van der Waals surface area contributed by atoms with E-state index in [2.05, 4.69) is 16.7 Å². The fraction of sp³-hybridized carbons (Fsp3) is 0.208. The first kappa shape index (κ1) is 21.3. The molecule has 0 unspecified atom stereocenters. The van der Waals surface area contributed by atoms with E-state index in [1.807, 2.05) is 4.68 Å². The normalized spacial score (nSPS) is 14.8. The lowest BCUT2D eigenvalue weighted by Gasteiger charge is -2.31. The monoisotopic (exact) mass is 468 g/mol. The number of carbonyl (C=O) groups is 1. The summed E-state index contributed by atoms with van der Waals surface area (Å²) in [4.78, 5) is 17.9. The van der Waals surface area contributed by atoms with Gasteiger partial charge in [0.2, 0.25) is 5.91 Å². The molecule has 4 aromatic rings. The molecule has 0 bridgehead atoms. The number of fused-ring (bicyclic) bond motifs is 3. The third-order valence-electron chi connectivity index (χ3n) is 6.14. The third-order valence-corrected chi connectivity index (χ3v) is 6.44. The number of phenolic OH excluding ortho intramolecular Hbond substituents is 1. The Morgan fingerprint density at radius 3 is 2.67 bits per heavy atom. The van der Waals surface area contributed by atoms with Crippen molar-refractivity contribution in [2.45, 2.75) is 18.9 Å². The number of phenols is 1. The number of aromatic hydroxyl groups is 1. The van der Waals surface area contributed by atoms with Crippen LogP contribution in [-0.4, -0.2) is 43.8 Å². The summed E-state index contributed by atoms with van der Waals surface area (Å²) >= 11 is 6.43. The van der Waals surface area contributed by atoms with Gasteiger partial charge in [-0.2, -0.15) is 5.10 Å². The van der Waals surface area contributed by atoms with Crippen LogP contribution < -0.4 is 0 Å². The summed E-state index contributed by atoms with van der Waals surface area (Å²) in [5.74, 6) is -2.13. The average molecular weight is 469 g/mol. The van der Waals surface area contributed by atoms with Gasteiger partial charge in [0.15, 0.2) is 5.82 Å². The molecule has 168 valence electrons. The molecule has 1 aliphatic rings. The molecule has 1 saturated heterocycles. The highest BCUT2D eigenvalue weighted by Gasteiger charge is 2.27. The number of piperidine rings is 1. The van der Waals surface area contributed by atoms with Gasteiger partial charge in [0.25, 0.3) is 0 Å². The fourth-order valence-electron chi connectivity index (χ4n) is 4.52. The number of rotatable bonds is 3. The fourth-order valence-corrected chi connectivity index (χ4v) is 4.81. The van der Waals surface area contributed by atoms with Crippen LogP contribution in [0.5, 0.6) is 5.75 Å². The van der Waals surface area contributed by atoms with Crippen LogP contribution in [0.3, 0.4) is 0 Å². The maximum atomic E-state index is 15.7. The molecule has 1 fully saturated rings. The van der Waals surface area contributed by atoms with E-state index < -0.39 is 17.4 Å². The Bertz CT molecular complexity index is 1410. The molecule has 1 N–H and O–H groups in total. The van der Waals surface area contributed by atoms with Gasteiger partial charge in [-0.3, -0.25) is 14.5 Å². The van der Waals surface area contributed by atoms with Crippen LogP contribution in [0.4, 0.5) is 8.78 Å². The van der Waals surface area contributed by atoms with Gasteiger partial charge >= 0.3 is 0 Å². The average Bonchev–Trinajstić information content (AvgIpc) is 3.25. The van der Waals surface area contributed by atoms with Crippen molar-refractivity contribution in [3.63, 3.8) is 0 Å². The summed E-state index contributed by atoms with van der Waals surface area (Å²) in [6.45, 7) is 4.66. The highest BCUT2D eigenvalue weighted by atomic mass is 35.5. The zero-order valence-corrected chi connectivity index (χ0v) is 18.2. The van der Waals surface area contributed by atoms with Gasteiger partial charge < -0.3 is 10.0 Å². The Morgan fingerprint density at radius 2 is 1.97 bits per heavy atom. The third kappa shape index (κ3) is 3.41. The Hall–Kier alpha value is -3.52. The van der Waals surface area contributed by atoms with Gasteiger partial charge in [0.1, 0.15) is 17.1 Å². The molecule has 1 aliphatic heterocycles. The highest BCUT2D eigenvalue weighted by molar-refractivity contribution is 6.34. The quantitative estimate of drug-likeness (QED) is 0.417. The minimum atomic E-state index is -0.820. The zero-order valence-electron chi connectivity index (χ0n) is 17.4. The summed E-state index contributed by atoms with van der Waals surface area (Å²) in [5, 5.41) is 15.8. The molecular formula is C24H19ClF2N4O2. The predicted octanol–water partition coefficient (Wildman–Crippen LogP) is 5.24. The molecule has 2 aromatic heterocycles. The Morgan fingerprint density at radius 1 is 1.21 bits per heavy atom. The van der Waals surface area contributed by atoms with Gasteiger partial charge in [-0.1, -0.05) is 24.2 Å². The lowest BCUT2D eigenvalue weighted by atomic mass is 9.99. The van der Waals surface area contributed by atoms with E-state index in [0.29, 0.717) is 42.2 Å². The number of benzene rings is 2. The van der Waals surface area contributed by atoms with Crippen molar-refractivity contribution < 1.29 is 18.7 Å². The van der Waals surface area contributed by atoms with E-state index in [4.69, 9.17) is 11.6 Å². The number of likely N-dealkylation sites (tertiary alicyclic amines) is 1. The van der Waals surface area contributed by atoms with Gasteiger partial charge in [-0.05, 0) is 37.1 Å². The molecule has 0 atom stereocenters. The molecule has 0 spiro atoms. The lowest BCUT2D eigenvalue weighted by molar-refractivity contribution is -0.127. The van der Waals surface area contributed by atoms with Crippen molar-refractivity contribution in [3.8, 4) is 16.9 Å². The predicted molar refractivity (Wildman–Crippen MR) is 122 cm³/mol. The van der Waals surface area contributed by atoms with Crippen LogP contribution in [0.1, 0.15) is 18.9 Å². The largest absolute Gasteiger partial charge is 0.507 e. The van der Waals surface area contributed by atoms with Crippen LogP contribution in [0, 0.1) is 11.6 Å². The molecule has 6 nitrogen and oxygen atoms in total. The van der Waals surface area contributed by atoms with Crippen molar-refractivity contribution in [1.82, 2.24) is 19.7 Å². The second kappa shape index (κ2) is 8.12. The first-order valence-corrected chi connectivity index (χ1v) is 10.8. The van der Waals surface area contributed by atoms with E-state index in [1.165, 1.54) is 30.5 Å². The molecule has 0 saturated carbocycles. The minimum absolute atomic E-state index is 0.000842. The van der Waals surface area contributed by atoms with Crippen LogP contribution in [0.25, 0.3) is 32.9 Å². The summed E-state index contributed by atoms with van der Waals surface area (Å²) < 4.78 is 31.9. The number of aromatic nitrogens is 3. The van der Waals surface area contributed by atoms with E-state index >= 15 is 4.39 Å². The number of pyridine rings is 1. The van der Waals surface area contributed by atoms with Gasteiger partial charge in [-0.25, -0.2) is 8.78 Å².